The van der Waals surface area contributed by atoms with Crippen molar-refractivity contribution in [2.75, 3.05) is 13.2 Å². The lowest BCUT2D eigenvalue weighted by Gasteiger charge is -2.47. The smallest absolute Gasteiger partial charge is 0.409 e. The second-order valence-electron chi connectivity index (χ2n) is 7.26. The first kappa shape index (κ1) is 21.7. The van der Waals surface area contributed by atoms with E-state index < -0.39 is 8.56 Å². The molecule has 4 nitrogen and oxygen atoms in total. The molecule has 0 N–H and O–H groups in total. The fraction of sp³-hybridized carbons (Fsp3) is 0.611. The van der Waals surface area contributed by atoms with Crippen molar-refractivity contribution in [1.29, 1.82) is 0 Å². The van der Waals surface area contributed by atoms with Crippen LogP contribution in [-0.4, -0.2) is 27.7 Å². The molecule has 0 unspecified atom stereocenters. The fourth-order valence-corrected chi connectivity index (χ4v) is 7.13. The van der Waals surface area contributed by atoms with Gasteiger partial charge in [0.25, 0.3) is 0 Å². The lowest BCUT2D eigenvalue weighted by molar-refractivity contribution is -0.137. The predicted octanol–water partition coefficient (Wildman–Crippen LogP) is 4.88. The van der Waals surface area contributed by atoms with E-state index >= 15 is 0 Å². The zero-order valence-corrected chi connectivity index (χ0v) is 16.6. The number of esters is 1. The molecule has 0 aromatic heterocycles. The Morgan fingerprint density at radius 3 is 2.13 bits per heavy atom. The highest BCUT2D eigenvalue weighted by Crippen LogP contribution is 2.52. The summed E-state index contributed by atoms with van der Waals surface area (Å²) in [5.74, 6) is -0.359. The molecule has 0 aromatic rings. The highest BCUT2D eigenvalue weighted by Gasteiger charge is 2.59. The van der Waals surface area contributed by atoms with Gasteiger partial charge >= 0.3 is 14.5 Å². The van der Waals surface area contributed by atoms with E-state index in [0.29, 0.717) is 13.2 Å². The van der Waals surface area contributed by atoms with Crippen LogP contribution in [0, 0.1) is 0 Å². The molecule has 0 rings (SSSR count). The molecule has 0 radical (unpaired) electrons. The highest BCUT2D eigenvalue weighted by molar-refractivity contribution is 6.73. The molecule has 132 valence electrons. The van der Waals surface area contributed by atoms with Gasteiger partial charge in [-0.25, -0.2) is 4.79 Å². The Morgan fingerprint density at radius 1 is 1.13 bits per heavy atom. The number of hydrogen-bond donors (Lipinski definition) is 0. The van der Waals surface area contributed by atoms with Crippen molar-refractivity contribution in [2.45, 2.75) is 58.5 Å². The Labute approximate surface area is 142 Å². The van der Waals surface area contributed by atoms with Crippen LogP contribution >= 0.6 is 0 Å². The second kappa shape index (κ2) is 9.08. The fourth-order valence-electron chi connectivity index (χ4n) is 2.64. The van der Waals surface area contributed by atoms with E-state index in [1.54, 1.807) is 31.4 Å². The van der Waals surface area contributed by atoms with Crippen molar-refractivity contribution in [1.82, 2.24) is 0 Å². The number of rotatable bonds is 8. The van der Waals surface area contributed by atoms with Crippen LogP contribution in [0.15, 0.2) is 37.1 Å². The molecule has 5 heteroatoms. The zero-order valence-electron chi connectivity index (χ0n) is 15.6. The molecule has 0 saturated heterocycles. The first-order valence-corrected chi connectivity index (χ1v) is 9.76. The molecule has 0 bridgehead atoms. The van der Waals surface area contributed by atoms with Crippen molar-refractivity contribution >= 4 is 14.5 Å². The largest absolute Gasteiger partial charge is 0.526 e. The standard InChI is InChI=1S/C18H32O4Si/c1-9-11-14-21-23(17(3,4)5,18(6,7)8)22-15-12-13-16(19)20-10-2/h9,11-14H,1,10,15H2,2-8H3/b13-12+,14-11+. The van der Waals surface area contributed by atoms with Crippen molar-refractivity contribution in [2.24, 2.45) is 0 Å². The number of carbonyl (C=O) groups excluding carboxylic acids is 1. The third kappa shape index (κ3) is 6.35. The molecule has 23 heavy (non-hydrogen) atoms. The van der Waals surface area contributed by atoms with Gasteiger partial charge in [0.05, 0.1) is 19.5 Å². The Balaban J connectivity index is 5.30. The highest BCUT2D eigenvalue weighted by atomic mass is 28.4. The second-order valence-corrected chi connectivity index (χ2v) is 12.0. The predicted molar refractivity (Wildman–Crippen MR) is 97.3 cm³/mol. The van der Waals surface area contributed by atoms with Crippen molar-refractivity contribution in [3.8, 4) is 0 Å². The minimum atomic E-state index is -2.66. The van der Waals surface area contributed by atoms with Gasteiger partial charge in [-0.15, -0.1) is 0 Å². The first-order chi connectivity index (χ1) is 10.5. The summed E-state index contributed by atoms with van der Waals surface area (Å²) in [5, 5.41) is -0.316. The van der Waals surface area contributed by atoms with Crippen LogP contribution in [0.5, 0.6) is 0 Å². The lowest BCUT2D eigenvalue weighted by Crippen LogP contribution is -2.56. The minimum absolute atomic E-state index is 0.158. The molecule has 0 aliphatic carbocycles. The molecule has 0 spiro atoms. The van der Waals surface area contributed by atoms with E-state index in [0.717, 1.165) is 0 Å². The molecule has 0 amide bonds. The number of carbonyl (C=O) groups is 1. The summed E-state index contributed by atoms with van der Waals surface area (Å²) < 4.78 is 17.3. The monoisotopic (exact) mass is 340 g/mol. The molecule has 0 aromatic carbocycles. The average Bonchev–Trinajstić information content (AvgIpc) is 2.39. The quantitative estimate of drug-likeness (QED) is 0.208. The van der Waals surface area contributed by atoms with Gasteiger partial charge in [0, 0.05) is 16.2 Å². The van der Waals surface area contributed by atoms with Gasteiger partial charge in [-0.2, -0.15) is 0 Å². The van der Waals surface area contributed by atoms with E-state index in [9.17, 15) is 4.79 Å². The molecule has 0 atom stereocenters. The maximum atomic E-state index is 11.4. The van der Waals surface area contributed by atoms with E-state index in [1.165, 1.54) is 6.08 Å². The maximum Gasteiger partial charge on any atom is 0.409 e. The minimum Gasteiger partial charge on any atom is -0.526 e. The zero-order chi connectivity index (χ0) is 18.1. The molecule has 0 aliphatic rings. The molecule has 0 aliphatic heterocycles. The first-order valence-electron chi connectivity index (χ1n) is 7.94. The molecule has 0 saturated carbocycles. The molecule has 0 heterocycles. The Morgan fingerprint density at radius 2 is 1.70 bits per heavy atom. The summed E-state index contributed by atoms with van der Waals surface area (Å²) in [4.78, 5) is 11.4. The summed E-state index contributed by atoms with van der Waals surface area (Å²) in [6, 6.07) is 0. The van der Waals surface area contributed by atoms with Crippen LogP contribution in [0.1, 0.15) is 48.5 Å². The summed E-state index contributed by atoms with van der Waals surface area (Å²) in [6.45, 7) is 18.9. The third-order valence-corrected chi connectivity index (χ3v) is 8.34. The van der Waals surface area contributed by atoms with Crippen molar-refractivity contribution in [3.63, 3.8) is 0 Å². The lowest BCUT2D eigenvalue weighted by atomic mass is 10.2. The van der Waals surface area contributed by atoms with E-state index in [-0.39, 0.29) is 16.0 Å². The average molecular weight is 341 g/mol. The molecule has 0 fully saturated rings. The number of ether oxygens (including phenoxy) is 1. The Bertz CT molecular complexity index is 425. The van der Waals surface area contributed by atoms with Gasteiger partial charge < -0.3 is 13.6 Å². The molecular weight excluding hydrogens is 308 g/mol. The van der Waals surface area contributed by atoms with E-state index in [2.05, 4.69) is 48.1 Å². The topological polar surface area (TPSA) is 44.8 Å². The molecular formula is C18H32O4Si. The SMILES string of the molecule is C=C/C=C/O[Si](OC/C=C/C(=O)OCC)(C(C)(C)C)C(C)(C)C. The van der Waals surface area contributed by atoms with Crippen molar-refractivity contribution < 1.29 is 18.4 Å². The Hall–Kier alpha value is -1.33. The van der Waals surface area contributed by atoms with Gasteiger partial charge in [0.1, 0.15) is 0 Å². The van der Waals surface area contributed by atoms with Gasteiger partial charge in [0.15, 0.2) is 0 Å². The van der Waals surface area contributed by atoms with Crippen LogP contribution in [0.3, 0.4) is 0 Å². The van der Waals surface area contributed by atoms with E-state index in [4.69, 9.17) is 13.6 Å². The maximum absolute atomic E-state index is 11.4. The summed E-state index contributed by atoms with van der Waals surface area (Å²) >= 11 is 0. The van der Waals surface area contributed by atoms with Crippen LogP contribution < -0.4 is 0 Å². The normalized spacial score (nSPS) is 13.5. The van der Waals surface area contributed by atoms with Gasteiger partial charge in [0.2, 0.25) is 0 Å². The van der Waals surface area contributed by atoms with Gasteiger partial charge in [-0.3, -0.25) is 0 Å². The van der Waals surface area contributed by atoms with Crippen LogP contribution in [0.2, 0.25) is 10.1 Å². The number of hydrogen-bond acceptors (Lipinski definition) is 4. The summed E-state index contributed by atoms with van der Waals surface area (Å²) in [5.41, 5.74) is 0. The van der Waals surface area contributed by atoms with Gasteiger partial charge in [-0.1, -0.05) is 60.3 Å². The summed E-state index contributed by atoms with van der Waals surface area (Å²) in [6.07, 6.45) is 8.17. The van der Waals surface area contributed by atoms with Crippen LogP contribution in [0.25, 0.3) is 0 Å². The van der Waals surface area contributed by atoms with E-state index in [1.807, 2.05) is 0 Å². The Kier molecular flexibility index (Phi) is 8.56. The number of allylic oxidation sites excluding steroid dienone is 2. The third-order valence-electron chi connectivity index (χ3n) is 3.35. The van der Waals surface area contributed by atoms with Gasteiger partial charge in [-0.05, 0) is 13.0 Å². The summed E-state index contributed by atoms with van der Waals surface area (Å²) in [7, 11) is -2.66. The van der Waals surface area contributed by atoms with Crippen molar-refractivity contribution in [3.05, 3.63) is 37.1 Å². The van der Waals surface area contributed by atoms with Crippen LogP contribution in [0.4, 0.5) is 0 Å². The van der Waals surface area contributed by atoms with Crippen LogP contribution in [-0.2, 0) is 18.4 Å².